The molecule has 0 saturated carbocycles. The molecule has 0 aliphatic rings. The van der Waals surface area contributed by atoms with Crippen LogP contribution in [0.3, 0.4) is 0 Å². The molecule has 0 aliphatic carbocycles. The molecule has 1 atom stereocenters. The van der Waals surface area contributed by atoms with Crippen molar-refractivity contribution in [2.45, 2.75) is 19.4 Å². The maximum absolute atomic E-state index is 4.57. The minimum atomic E-state index is 0.506. The Labute approximate surface area is 130 Å². The molecule has 20 heavy (non-hydrogen) atoms. The van der Waals surface area contributed by atoms with Crippen molar-refractivity contribution in [3.63, 3.8) is 0 Å². The maximum atomic E-state index is 4.57. The molecule has 1 heterocycles. The van der Waals surface area contributed by atoms with Gasteiger partial charge in [0.2, 0.25) is 0 Å². The summed E-state index contributed by atoms with van der Waals surface area (Å²) in [6, 6.07) is 16.9. The summed E-state index contributed by atoms with van der Waals surface area (Å²) >= 11 is 3.64. The molecule has 0 bridgehead atoms. The van der Waals surface area contributed by atoms with Gasteiger partial charge in [-0.2, -0.15) is 0 Å². The quantitative estimate of drug-likeness (QED) is 0.743. The predicted octanol–water partition coefficient (Wildman–Crippen LogP) is 4.00. The summed E-state index contributed by atoms with van der Waals surface area (Å²) in [6.45, 7) is 3.94. The van der Waals surface area contributed by atoms with E-state index in [0.717, 1.165) is 29.8 Å². The van der Waals surface area contributed by atoms with Gasteiger partial charge in [0, 0.05) is 30.0 Å². The first-order valence-corrected chi connectivity index (χ1v) is 8.03. The second-order valence-corrected chi connectivity index (χ2v) is 5.88. The fourth-order valence-electron chi connectivity index (χ4n) is 2.37. The van der Waals surface area contributed by atoms with Crippen LogP contribution in [0.1, 0.15) is 22.9 Å². The predicted molar refractivity (Wildman–Crippen MR) is 88.3 cm³/mol. The highest BCUT2D eigenvalue weighted by Crippen LogP contribution is 2.19. The van der Waals surface area contributed by atoms with Gasteiger partial charge in [-0.3, -0.25) is 9.88 Å². The molecular weight excluding hydrogens is 312 g/mol. The normalized spacial score (nSPS) is 12.6. The number of nitrogens with zero attached hydrogens (tertiary/aromatic N) is 2. The van der Waals surface area contributed by atoms with Crippen molar-refractivity contribution in [3.05, 3.63) is 65.5 Å². The smallest absolute Gasteiger partial charge is 0.0547 e. The highest BCUT2D eigenvalue weighted by atomic mass is 79.9. The number of hydrogen-bond acceptors (Lipinski definition) is 2. The van der Waals surface area contributed by atoms with Gasteiger partial charge in [-0.15, -0.1) is 0 Å². The minimum Gasteiger partial charge on any atom is -0.300 e. The first-order valence-electron chi connectivity index (χ1n) is 6.91. The number of alkyl halides is 1. The number of likely N-dealkylation sites (N-methyl/N-ethyl adjacent to an activating group) is 1. The fourth-order valence-corrected chi connectivity index (χ4v) is 2.95. The average molecular weight is 333 g/mol. The Kier molecular flexibility index (Phi) is 5.74. The van der Waals surface area contributed by atoms with Crippen LogP contribution >= 0.6 is 15.9 Å². The minimum absolute atomic E-state index is 0.506. The summed E-state index contributed by atoms with van der Waals surface area (Å²) in [5.74, 6) is 0.506. The van der Waals surface area contributed by atoms with Gasteiger partial charge in [0.1, 0.15) is 0 Å². The van der Waals surface area contributed by atoms with Crippen LogP contribution in [-0.2, 0) is 6.54 Å². The second-order valence-electron chi connectivity index (χ2n) is 5.23. The lowest BCUT2D eigenvalue weighted by Crippen LogP contribution is -2.25. The molecule has 0 aliphatic heterocycles. The Morgan fingerprint density at radius 3 is 2.50 bits per heavy atom. The van der Waals surface area contributed by atoms with E-state index in [9.17, 15) is 0 Å². The number of aryl methyl sites for hydroxylation is 1. The zero-order valence-electron chi connectivity index (χ0n) is 12.1. The summed E-state index contributed by atoms with van der Waals surface area (Å²) in [5, 5.41) is 0.975. The van der Waals surface area contributed by atoms with Crippen molar-refractivity contribution in [2.24, 2.45) is 0 Å². The van der Waals surface area contributed by atoms with Gasteiger partial charge >= 0.3 is 0 Å². The van der Waals surface area contributed by atoms with Crippen molar-refractivity contribution in [1.29, 1.82) is 0 Å². The third-order valence-corrected chi connectivity index (χ3v) is 4.15. The molecule has 0 N–H and O–H groups in total. The van der Waals surface area contributed by atoms with Crippen LogP contribution in [-0.4, -0.2) is 28.8 Å². The summed E-state index contributed by atoms with van der Waals surface area (Å²) < 4.78 is 0. The molecule has 106 valence electrons. The van der Waals surface area contributed by atoms with Crippen LogP contribution in [0.2, 0.25) is 0 Å². The van der Waals surface area contributed by atoms with Crippen LogP contribution in [0, 0.1) is 6.92 Å². The summed E-state index contributed by atoms with van der Waals surface area (Å²) in [6.07, 6.45) is 0. The van der Waals surface area contributed by atoms with E-state index in [2.05, 4.69) is 75.3 Å². The highest BCUT2D eigenvalue weighted by molar-refractivity contribution is 9.09. The molecule has 2 rings (SSSR count). The molecule has 0 fully saturated rings. The number of pyridine rings is 1. The summed E-state index contributed by atoms with van der Waals surface area (Å²) in [7, 11) is 2.16. The van der Waals surface area contributed by atoms with Gasteiger partial charge in [-0.1, -0.05) is 52.3 Å². The van der Waals surface area contributed by atoms with Crippen LogP contribution < -0.4 is 0 Å². The van der Waals surface area contributed by atoms with Crippen molar-refractivity contribution in [2.75, 3.05) is 18.9 Å². The Morgan fingerprint density at radius 1 is 1.10 bits per heavy atom. The van der Waals surface area contributed by atoms with Crippen molar-refractivity contribution in [1.82, 2.24) is 9.88 Å². The number of rotatable bonds is 6. The van der Waals surface area contributed by atoms with E-state index in [-0.39, 0.29) is 0 Å². The standard InChI is InChI=1S/C17H21BrN2/c1-14-7-6-10-17(19-14)13-20(2)12-16(11-18)15-8-4-3-5-9-15/h3-10,16H,11-13H2,1-2H3. The van der Waals surface area contributed by atoms with E-state index < -0.39 is 0 Å². The number of halogens is 1. The van der Waals surface area contributed by atoms with Gasteiger partial charge in [-0.05, 0) is 31.7 Å². The molecule has 1 aromatic heterocycles. The summed E-state index contributed by atoms with van der Waals surface area (Å²) in [4.78, 5) is 6.90. The van der Waals surface area contributed by atoms with Crippen LogP contribution in [0.25, 0.3) is 0 Å². The second kappa shape index (κ2) is 7.55. The number of hydrogen-bond donors (Lipinski definition) is 0. The molecular formula is C17H21BrN2. The van der Waals surface area contributed by atoms with Crippen LogP contribution in [0.5, 0.6) is 0 Å². The molecule has 1 unspecified atom stereocenters. The lowest BCUT2D eigenvalue weighted by Gasteiger charge is -2.23. The topological polar surface area (TPSA) is 16.1 Å². The van der Waals surface area contributed by atoms with Crippen molar-refractivity contribution < 1.29 is 0 Å². The molecule has 2 nitrogen and oxygen atoms in total. The Balaban J connectivity index is 1.97. The molecule has 2 aromatic rings. The largest absolute Gasteiger partial charge is 0.300 e. The Hall–Kier alpha value is -1.19. The first-order chi connectivity index (χ1) is 9.69. The van der Waals surface area contributed by atoms with Gasteiger partial charge in [-0.25, -0.2) is 0 Å². The monoisotopic (exact) mass is 332 g/mol. The molecule has 0 saturated heterocycles. The van der Waals surface area contributed by atoms with E-state index in [1.807, 2.05) is 13.0 Å². The third kappa shape index (κ3) is 4.43. The molecule has 1 aromatic carbocycles. The van der Waals surface area contributed by atoms with E-state index in [0.29, 0.717) is 5.92 Å². The Morgan fingerprint density at radius 2 is 1.85 bits per heavy atom. The maximum Gasteiger partial charge on any atom is 0.0547 e. The summed E-state index contributed by atoms with van der Waals surface area (Å²) in [5.41, 5.74) is 3.60. The van der Waals surface area contributed by atoms with Gasteiger partial charge in [0.25, 0.3) is 0 Å². The lowest BCUT2D eigenvalue weighted by molar-refractivity contribution is 0.308. The fraction of sp³-hybridized carbons (Fsp3) is 0.353. The third-order valence-electron chi connectivity index (χ3n) is 3.37. The average Bonchev–Trinajstić information content (AvgIpc) is 2.45. The first kappa shape index (κ1) is 15.2. The Bertz CT molecular complexity index is 528. The van der Waals surface area contributed by atoms with E-state index in [1.165, 1.54) is 5.56 Å². The van der Waals surface area contributed by atoms with Gasteiger partial charge in [0.05, 0.1) is 5.69 Å². The van der Waals surface area contributed by atoms with Crippen molar-refractivity contribution in [3.8, 4) is 0 Å². The number of aromatic nitrogens is 1. The molecule has 0 amide bonds. The van der Waals surface area contributed by atoms with E-state index >= 15 is 0 Å². The zero-order chi connectivity index (χ0) is 14.4. The van der Waals surface area contributed by atoms with Crippen LogP contribution in [0.4, 0.5) is 0 Å². The molecule has 3 heteroatoms. The molecule has 0 spiro atoms. The van der Waals surface area contributed by atoms with E-state index in [1.54, 1.807) is 0 Å². The van der Waals surface area contributed by atoms with Crippen LogP contribution in [0.15, 0.2) is 48.5 Å². The van der Waals surface area contributed by atoms with Gasteiger partial charge < -0.3 is 0 Å². The zero-order valence-corrected chi connectivity index (χ0v) is 13.7. The number of benzene rings is 1. The van der Waals surface area contributed by atoms with Crippen molar-refractivity contribution >= 4 is 15.9 Å². The highest BCUT2D eigenvalue weighted by Gasteiger charge is 2.13. The lowest BCUT2D eigenvalue weighted by atomic mass is 10.0. The SMILES string of the molecule is Cc1cccc(CN(C)CC(CBr)c2ccccc2)n1. The molecule has 0 radical (unpaired) electrons. The van der Waals surface area contributed by atoms with E-state index in [4.69, 9.17) is 0 Å². The van der Waals surface area contributed by atoms with Gasteiger partial charge in [0.15, 0.2) is 0 Å².